The van der Waals surface area contributed by atoms with E-state index in [0.29, 0.717) is 5.56 Å². The molecule has 124 valence electrons. The van der Waals surface area contributed by atoms with Gasteiger partial charge in [0, 0.05) is 18.0 Å². The van der Waals surface area contributed by atoms with Crippen molar-refractivity contribution in [3.05, 3.63) is 66.0 Å². The first-order valence-corrected chi connectivity index (χ1v) is 8.21. The molecule has 0 saturated carbocycles. The fraction of sp³-hybridized carbons (Fsp3) is 0.300. The number of hydrogen-bond donors (Lipinski definition) is 2. The maximum atomic E-state index is 12.6. The van der Waals surface area contributed by atoms with E-state index in [1.54, 1.807) is 0 Å². The van der Waals surface area contributed by atoms with Crippen molar-refractivity contribution in [1.82, 2.24) is 15.3 Å². The van der Waals surface area contributed by atoms with Crippen molar-refractivity contribution in [1.29, 1.82) is 0 Å². The van der Waals surface area contributed by atoms with Crippen LogP contribution in [0.15, 0.2) is 54.9 Å². The van der Waals surface area contributed by atoms with Gasteiger partial charge in [0.2, 0.25) is 0 Å². The molecule has 1 aromatic carbocycles. The molecule has 0 saturated heterocycles. The molecular weight excluding hydrogens is 298 g/mol. The Morgan fingerprint density at radius 2 is 1.96 bits per heavy atom. The summed E-state index contributed by atoms with van der Waals surface area (Å²) in [5.41, 5.74) is 3.69. The van der Waals surface area contributed by atoms with Crippen LogP contribution in [-0.4, -0.2) is 15.9 Å². The highest BCUT2D eigenvalue weighted by molar-refractivity contribution is 5.94. The molecule has 0 spiro atoms. The molecule has 0 aliphatic heterocycles. The van der Waals surface area contributed by atoms with Gasteiger partial charge in [0.15, 0.2) is 0 Å². The van der Waals surface area contributed by atoms with Crippen LogP contribution >= 0.6 is 0 Å². The average Bonchev–Trinajstić information content (AvgIpc) is 3.01. The predicted molar refractivity (Wildman–Crippen MR) is 96.8 cm³/mol. The highest BCUT2D eigenvalue weighted by Crippen LogP contribution is 2.30. The zero-order chi connectivity index (χ0) is 17.2. The number of nitrogens with one attached hydrogen (secondary N) is 2. The van der Waals surface area contributed by atoms with Gasteiger partial charge >= 0.3 is 0 Å². The van der Waals surface area contributed by atoms with E-state index in [0.717, 1.165) is 23.0 Å². The quantitative estimate of drug-likeness (QED) is 0.745. The minimum Gasteiger partial charge on any atom is -0.360 e. The molecule has 0 unspecified atom stereocenters. The largest absolute Gasteiger partial charge is 0.360 e. The van der Waals surface area contributed by atoms with Crippen molar-refractivity contribution in [2.24, 2.45) is 5.41 Å². The van der Waals surface area contributed by atoms with E-state index in [1.807, 2.05) is 48.8 Å². The number of aromatic nitrogens is 2. The fourth-order valence-electron chi connectivity index (χ4n) is 2.84. The van der Waals surface area contributed by atoms with Crippen LogP contribution in [0, 0.1) is 5.41 Å². The average molecular weight is 321 g/mol. The van der Waals surface area contributed by atoms with E-state index in [2.05, 4.69) is 42.1 Å². The highest BCUT2D eigenvalue weighted by atomic mass is 16.1. The molecule has 0 aliphatic rings. The summed E-state index contributed by atoms with van der Waals surface area (Å²) in [5, 5.41) is 3.17. The lowest BCUT2D eigenvalue weighted by atomic mass is 9.85. The van der Waals surface area contributed by atoms with Crippen molar-refractivity contribution in [2.45, 2.75) is 33.2 Å². The van der Waals surface area contributed by atoms with Gasteiger partial charge in [0.25, 0.3) is 5.91 Å². The third kappa shape index (κ3) is 3.82. The molecule has 4 nitrogen and oxygen atoms in total. The van der Waals surface area contributed by atoms with E-state index >= 15 is 0 Å². The fourth-order valence-corrected chi connectivity index (χ4v) is 2.84. The van der Waals surface area contributed by atoms with Crippen LogP contribution in [0.4, 0.5) is 0 Å². The number of nitrogens with zero attached hydrogens (tertiary/aromatic N) is 1. The first-order valence-electron chi connectivity index (χ1n) is 8.21. The molecule has 2 N–H and O–H groups in total. The summed E-state index contributed by atoms with van der Waals surface area (Å²) in [6, 6.07) is 13.3. The van der Waals surface area contributed by atoms with Crippen LogP contribution in [0.5, 0.6) is 0 Å². The van der Waals surface area contributed by atoms with E-state index in [4.69, 9.17) is 0 Å². The second-order valence-electron chi connectivity index (χ2n) is 7.34. The molecule has 3 aromatic rings. The van der Waals surface area contributed by atoms with Gasteiger partial charge in [-0.3, -0.25) is 9.78 Å². The van der Waals surface area contributed by atoms with Gasteiger partial charge in [-0.2, -0.15) is 0 Å². The van der Waals surface area contributed by atoms with Crippen molar-refractivity contribution >= 4 is 16.9 Å². The number of fused-ring (bicyclic) bond motifs is 1. The zero-order valence-electron chi connectivity index (χ0n) is 14.3. The Morgan fingerprint density at radius 1 is 1.21 bits per heavy atom. The Morgan fingerprint density at radius 3 is 2.67 bits per heavy atom. The summed E-state index contributed by atoms with van der Waals surface area (Å²) in [6.07, 6.45) is 4.57. The van der Waals surface area contributed by atoms with Crippen LogP contribution in [0.25, 0.3) is 11.0 Å². The summed E-state index contributed by atoms with van der Waals surface area (Å²) >= 11 is 0. The summed E-state index contributed by atoms with van der Waals surface area (Å²) in [4.78, 5) is 20.3. The number of hydrogen-bond acceptors (Lipinski definition) is 2. The third-order valence-corrected chi connectivity index (χ3v) is 3.98. The maximum Gasteiger partial charge on any atom is 0.251 e. The van der Waals surface area contributed by atoms with Gasteiger partial charge in [-0.1, -0.05) is 39.0 Å². The number of rotatable bonds is 4. The Bertz CT molecular complexity index is 831. The van der Waals surface area contributed by atoms with Crippen LogP contribution in [0.1, 0.15) is 49.2 Å². The number of benzene rings is 1. The first kappa shape index (κ1) is 16.2. The Labute approximate surface area is 142 Å². The van der Waals surface area contributed by atoms with E-state index in [-0.39, 0.29) is 17.4 Å². The SMILES string of the molecule is CC(C)(C)C[C@@H](NC(=O)c1ccccc1)c1cnc2cc[nH]c2c1. The lowest BCUT2D eigenvalue weighted by molar-refractivity contribution is 0.0926. The smallest absolute Gasteiger partial charge is 0.251 e. The Hall–Kier alpha value is -2.62. The molecule has 3 rings (SSSR count). The molecule has 4 heteroatoms. The molecule has 0 aliphatic carbocycles. The first-order chi connectivity index (χ1) is 11.4. The number of carbonyl (C=O) groups is 1. The predicted octanol–water partition coefficient (Wildman–Crippen LogP) is 4.47. The van der Waals surface area contributed by atoms with Gasteiger partial charge < -0.3 is 10.3 Å². The van der Waals surface area contributed by atoms with Crippen LogP contribution in [0.3, 0.4) is 0 Å². The monoisotopic (exact) mass is 321 g/mol. The zero-order valence-corrected chi connectivity index (χ0v) is 14.3. The second-order valence-corrected chi connectivity index (χ2v) is 7.34. The van der Waals surface area contributed by atoms with Crippen molar-refractivity contribution in [3.63, 3.8) is 0 Å². The number of amides is 1. The molecular formula is C20H23N3O. The number of carbonyl (C=O) groups excluding carboxylic acids is 1. The van der Waals surface area contributed by atoms with E-state index in [9.17, 15) is 4.79 Å². The molecule has 0 fully saturated rings. The van der Waals surface area contributed by atoms with E-state index in [1.165, 1.54) is 0 Å². The minimum atomic E-state index is -0.0853. The number of H-pyrrole nitrogens is 1. The van der Waals surface area contributed by atoms with Crippen molar-refractivity contribution in [3.8, 4) is 0 Å². The molecule has 0 bridgehead atoms. The third-order valence-electron chi connectivity index (χ3n) is 3.98. The molecule has 2 aromatic heterocycles. The summed E-state index contributed by atoms with van der Waals surface area (Å²) in [6.45, 7) is 6.53. The normalized spacial score (nSPS) is 13.0. The molecule has 0 radical (unpaired) electrons. The second kappa shape index (κ2) is 6.48. The van der Waals surface area contributed by atoms with Gasteiger partial charge in [0.1, 0.15) is 0 Å². The maximum absolute atomic E-state index is 12.6. The van der Waals surface area contributed by atoms with Gasteiger partial charge in [0.05, 0.1) is 17.1 Å². The molecule has 2 heterocycles. The molecule has 24 heavy (non-hydrogen) atoms. The van der Waals surface area contributed by atoms with Crippen molar-refractivity contribution < 1.29 is 4.79 Å². The van der Waals surface area contributed by atoms with Gasteiger partial charge in [-0.15, -0.1) is 0 Å². The number of pyridine rings is 1. The summed E-state index contributed by atoms with van der Waals surface area (Å²) < 4.78 is 0. The summed E-state index contributed by atoms with van der Waals surface area (Å²) in [5.74, 6) is -0.0589. The van der Waals surface area contributed by atoms with Crippen LogP contribution in [0.2, 0.25) is 0 Å². The Balaban J connectivity index is 1.89. The minimum absolute atomic E-state index is 0.0589. The Kier molecular flexibility index (Phi) is 4.38. The van der Waals surface area contributed by atoms with Gasteiger partial charge in [-0.05, 0) is 41.7 Å². The molecule has 1 atom stereocenters. The lowest BCUT2D eigenvalue weighted by Gasteiger charge is -2.27. The van der Waals surface area contributed by atoms with Gasteiger partial charge in [-0.25, -0.2) is 0 Å². The summed E-state index contributed by atoms with van der Waals surface area (Å²) in [7, 11) is 0. The lowest BCUT2D eigenvalue weighted by Crippen LogP contribution is -2.31. The molecule has 1 amide bonds. The number of aromatic amines is 1. The topological polar surface area (TPSA) is 57.8 Å². The van der Waals surface area contributed by atoms with E-state index < -0.39 is 0 Å². The highest BCUT2D eigenvalue weighted by Gasteiger charge is 2.23. The van der Waals surface area contributed by atoms with Crippen molar-refractivity contribution in [2.75, 3.05) is 0 Å². The van der Waals surface area contributed by atoms with Crippen LogP contribution in [-0.2, 0) is 0 Å². The standard InChI is InChI=1S/C20H23N3O/c1-20(2,3)12-18(23-19(24)14-7-5-4-6-8-14)15-11-17-16(22-13-15)9-10-21-17/h4-11,13,18,21H,12H2,1-3H3,(H,23,24)/t18-/m1/s1. The van der Waals surface area contributed by atoms with Crippen LogP contribution < -0.4 is 5.32 Å².